The minimum atomic E-state index is 0.336. The molecule has 3 rings (SSSR count). The highest BCUT2D eigenvalue weighted by Gasteiger charge is 2.19. The lowest BCUT2D eigenvalue weighted by Gasteiger charge is -2.14. The summed E-state index contributed by atoms with van der Waals surface area (Å²) in [6.45, 7) is 0. The number of nitrogen functional groups attached to an aromatic ring is 1. The van der Waals surface area contributed by atoms with Gasteiger partial charge in [0, 0.05) is 11.6 Å². The largest absolute Gasteiger partial charge is 0.496 e. The topological polar surface area (TPSA) is 61.3 Å². The van der Waals surface area contributed by atoms with Crippen LogP contribution in [0.25, 0.3) is 11.3 Å². The van der Waals surface area contributed by atoms with Crippen LogP contribution in [0.5, 0.6) is 5.75 Å². The summed E-state index contributed by atoms with van der Waals surface area (Å²) in [5.41, 5.74) is 10.2. The van der Waals surface area contributed by atoms with Gasteiger partial charge in [-0.1, -0.05) is 17.6 Å². The molecule has 0 saturated heterocycles. The monoisotopic (exact) mass is 258 g/mol. The van der Waals surface area contributed by atoms with Crippen LogP contribution in [0.15, 0.2) is 22.7 Å². The first kappa shape index (κ1) is 12.1. The van der Waals surface area contributed by atoms with E-state index in [0.717, 1.165) is 29.8 Å². The molecule has 19 heavy (non-hydrogen) atoms. The molecule has 0 fully saturated rings. The summed E-state index contributed by atoms with van der Waals surface area (Å²) < 4.78 is 10.5. The Hall–Kier alpha value is -1.97. The smallest absolute Gasteiger partial charge is 0.222 e. The molecule has 0 radical (unpaired) electrons. The Morgan fingerprint density at radius 2 is 2.05 bits per heavy atom. The maximum Gasteiger partial charge on any atom is 0.222 e. The van der Waals surface area contributed by atoms with Crippen molar-refractivity contribution in [3.63, 3.8) is 0 Å². The van der Waals surface area contributed by atoms with E-state index < -0.39 is 0 Å². The Kier molecular flexibility index (Phi) is 3.15. The number of hydrogen-bond donors (Lipinski definition) is 1. The Balaban J connectivity index is 2.19. The van der Waals surface area contributed by atoms with Crippen molar-refractivity contribution >= 4 is 5.88 Å². The number of fused-ring (bicyclic) bond motifs is 1. The molecule has 0 unspecified atom stereocenters. The normalized spacial score (nSPS) is 14.8. The third-order valence-electron chi connectivity index (χ3n) is 3.75. The van der Waals surface area contributed by atoms with E-state index in [2.05, 4.69) is 11.2 Å². The number of methoxy groups -OCH3 is 1. The van der Waals surface area contributed by atoms with Crippen molar-refractivity contribution in [2.45, 2.75) is 32.1 Å². The molecule has 100 valence electrons. The molecule has 2 aromatic rings. The number of ether oxygens (including phenoxy) is 1. The summed E-state index contributed by atoms with van der Waals surface area (Å²) in [6, 6.07) is 5.96. The average molecular weight is 258 g/mol. The van der Waals surface area contributed by atoms with E-state index in [9.17, 15) is 0 Å². The molecule has 0 aliphatic heterocycles. The molecule has 0 bridgehead atoms. The number of anilines is 1. The first-order chi connectivity index (χ1) is 9.29. The van der Waals surface area contributed by atoms with Crippen LogP contribution in [0.4, 0.5) is 5.88 Å². The highest BCUT2D eigenvalue weighted by molar-refractivity contribution is 5.74. The fourth-order valence-electron chi connectivity index (χ4n) is 2.84. The number of hydrogen-bond acceptors (Lipinski definition) is 4. The number of rotatable bonds is 2. The van der Waals surface area contributed by atoms with E-state index in [1.54, 1.807) is 13.2 Å². The summed E-state index contributed by atoms with van der Waals surface area (Å²) in [5.74, 6) is 1.18. The maximum atomic E-state index is 5.64. The zero-order valence-corrected chi connectivity index (χ0v) is 11.1. The zero-order valence-electron chi connectivity index (χ0n) is 11.1. The predicted molar refractivity (Wildman–Crippen MR) is 74.2 cm³/mol. The van der Waals surface area contributed by atoms with Crippen molar-refractivity contribution in [1.29, 1.82) is 0 Å². The quantitative estimate of drug-likeness (QED) is 0.840. The van der Waals surface area contributed by atoms with Crippen LogP contribution in [-0.2, 0) is 12.8 Å². The fraction of sp³-hybridized carbons (Fsp3) is 0.400. The van der Waals surface area contributed by atoms with Crippen molar-refractivity contribution in [2.24, 2.45) is 0 Å². The maximum absolute atomic E-state index is 5.64. The van der Waals surface area contributed by atoms with E-state index in [1.807, 2.05) is 6.07 Å². The Bertz CT molecular complexity index is 590. The SMILES string of the molecule is COc1ccc2c(c1-c1cc(N)on1)CCCCC2. The number of aryl methyl sites for hydroxylation is 1. The summed E-state index contributed by atoms with van der Waals surface area (Å²) >= 11 is 0. The zero-order chi connectivity index (χ0) is 13.2. The molecule has 2 N–H and O–H groups in total. The molecule has 0 atom stereocenters. The lowest BCUT2D eigenvalue weighted by molar-refractivity contribution is 0.413. The molecule has 1 aliphatic rings. The van der Waals surface area contributed by atoms with E-state index in [-0.39, 0.29) is 0 Å². The van der Waals surface area contributed by atoms with Gasteiger partial charge in [0.05, 0.1) is 7.11 Å². The van der Waals surface area contributed by atoms with E-state index in [4.69, 9.17) is 15.0 Å². The first-order valence-electron chi connectivity index (χ1n) is 6.71. The van der Waals surface area contributed by atoms with Gasteiger partial charge in [-0.25, -0.2) is 0 Å². The van der Waals surface area contributed by atoms with Crippen LogP contribution < -0.4 is 10.5 Å². The van der Waals surface area contributed by atoms with Crippen molar-refractivity contribution < 1.29 is 9.26 Å². The lowest BCUT2D eigenvalue weighted by Crippen LogP contribution is -1.98. The second-order valence-corrected chi connectivity index (χ2v) is 4.96. The molecular weight excluding hydrogens is 240 g/mol. The highest BCUT2D eigenvalue weighted by atomic mass is 16.5. The van der Waals surface area contributed by atoms with Crippen molar-refractivity contribution in [1.82, 2.24) is 5.16 Å². The van der Waals surface area contributed by atoms with Crippen molar-refractivity contribution in [3.05, 3.63) is 29.3 Å². The van der Waals surface area contributed by atoms with Gasteiger partial charge in [-0.3, -0.25) is 0 Å². The van der Waals surface area contributed by atoms with Gasteiger partial charge in [0.25, 0.3) is 0 Å². The third kappa shape index (κ3) is 2.18. The van der Waals surface area contributed by atoms with E-state index >= 15 is 0 Å². The van der Waals surface area contributed by atoms with Gasteiger partial charge in [0.15, 0.2) is 0 Å². The van der Waals surface area contributed by atoms with Gasteiger partial charge < -0.3 is 15.0 Å². The van der Waals surface area contributed by atoms with E-state index in [0.29, 0.717) is 5.88 Å². The highest BCUT2D eigenvalue weighted by Crippen LogP contribution is 2.38. The standard InChI is InChI=1S/C15H18N2O2/c1-18-13-8-7-10-5-3-2-4-6-11(10)15(13)12-9-14(16)19-17-12/h7-9H,2-6,16H2,1H3. The molecule has 1 aliphatic carbocycles. The summed E-state index contributed by atoms with van der Waals surface area (Å²) in [7, 11) is 1.69. The second-order valence-electron chi connectivity index (χ2n) is 4.96. The molecule has 0 saturated carbocycles. The van der Waals surface area contributed by atoms with Gasteiger partial charge in [0.2, 0.25) is 5.88 Å². The second kappa shape index (κ2) is 4.96. The van der Waals surface area contributed by atoms with Gasteiger partial charge in [0.1, 0.15) is 11.4 Å². The first-order valence-corrected chi connectivity index (χ1v) is 6.71. The Labute approximate surface area is 112 Å². The number of nitrogens with two attached hydrogens (primary N) is 1. The molecular formula is C15H18N2O2. The van der Waals surface area contributed by atoms with Crippen LogP contribution in [0.3, 0.4) is 0 Å². The molecule has 4 heteroatoms. The summed E-state index contributed by atoms with van der Waals surface area (Å²) in [4.78, 5) is 0. The molecule has 0 spiro atoms. The minimum absolute atomic E-state index is 0.336. The van der Waals surface area contributed by atoms with Crippen LogP contribution >= 0.6 is 0 Å². The molecule has 1 aromatic carbocycles. The minimum Gasteiger partial charge on any atom is -0.496 e. The lowest BCUT2D eigenvalue weighted by atomic mass is 9.94. The fourth-order valence-corrected chi connectivity index (χ4v) is 2.84. The van der Waals surface area contributed by atoms with Crippen LogP contribution in [-0.4, -0.2) is 12.3 Å². The van der Waals surface area contributed by atoms with Gasteiger partial charge in [-0.05, 0) is 42.9 Å². The number of nitrogens with zero attached hydrogens (tertiary/aromatic N) is 1. The summed E-state index contributed by atoms with van der Waals surface area (Å²) in [5, 5.41) is 4.05. The van der Waals surface area contributed by atoms with Crippen molar-refractivity contribution in [3.8, 4) is 17.0 Å². The molecule has 1 aromatic heterocycles. The molecule has 4 nitrogen and oxygen atoms in total. The van der Waals surface area contributed by atoms with Crippen LogP contribution in [0.2, 0.25) is 0 Å². The van der Waals surface area contributed by atoms with Crippen molar-refractivity contribution in [2.75, 3.05) is 12.8 Å². The average Bonchev–Trinajstić information content (AvgIpc) is 2.71. The van der Waals surface area contributed by atoms with Gasteiger partial charge in [-0.15, -0.1) is 0 Å². The van der Waals surface area contributed by atoms with Gasteiger partial charge in [-0.2, -0.15) is 0 Å². The Morgan fingerprint density at radius 3 is 2.79 bits per heavy atom. The Morgan fingerprint density at radius 1 is 1.21 bits per heavy atom. The number of benzene rings is 1. The third-order valence-corrected chi connectivity index (χ3v) is 3.75. The number of aromatic nitrogens is 1. The van der Waals surface area contributed by atoms with E-state index in [1.165, 1.54) is 30.4 Å². The predicted octanol–water partition coefficient (Wildman–Crippen LogP) is 3.20. The van der Waals surface area contributed by atoms with Crippen LogP contribution in [0, 0.1) is 0 Å². The molecule has 1 heterocycles. The van der Waals surface area contributed by atoms with Crippen LogP contribution in [0.1, 0.15) is 30.4 Å². The molecule has 0 amide bonds. The van der Waals surface area contributed by atoms with Gasteiger partial charge >= 0.3 is 0 Å². The summed E-state index contributed by atoms with van der Waals surface area (Å²) in [6.07, 6.45) is 5.92.